The third-order valence-electron chi connectivity index (χ3n) is 3.29. The van der Waals surface area contributed by atoms with Gasteiger partial charge in [-0.3, -0.25) is 4.98 Å². The van der Waals surface area contributed by atoms with Crippen LogP contribution in [0.15, 0.2) is 60.8 Å². The standard InChI is InChI=1S/C17H16N2O2/c18-14-7-1-5-13(10-14)15(20)11-21-16-8-2-4-12-6-3-9-19-17(12)16/h1-10,15,20H,11,18H2. The summed E-state index contributed by atoms with van der Waals surface area (Å²) in [5, 5.41) is 11.2. The maximum atomic E-state index is 10.2. The number of benzene rings is 2. The summed E-state index contributed by atoms with van der Waals surface area (Å²) in [6.07, 6.45) is 0.997. The summed E-state index contributed by atoms with van der Waals surface area (Å²) >= 11 is 0. The fraction of sp³-hybridized carbons (Fsp3) is 0.118. The number of nitrogen functional groups attached to an aromatic ring is 1. The Labute approximate surface area is 122 Å². The minimum atomic E-state index is -0.729. The van der Waals surface area contributed by atoms with Crippen LogP contribution in [0.5, 0.6) is 5.75 Å². The van der Waals surface area contributed by atoms with Gasteiger partial charge in [-0.1, -0.05) is 30.3 Å². The lowest BCUT2D eigenvalue weighted by molar-refractivity contribution is 0.109. The van der Waals surface area contributed by atoms with Gasteiger partial charge in [0, 0.05) is 17.3 Å². The summed E-state index contributed by atoms with van der Waals surface area (Å²) in [7, 11) is 0. The van der Waals surface area contributed by atoms with Crippen molar-refractivity contribution < 1.29 is 9.84 Å². The van der Waals surface area contributed by atoms with Gasteiger partial charge in [0.2, 0.25) is 0 Å². The minimum Gasteiger partial charge on any atom is -0.488 e. The second-order valence-electron chi connectivity index (χ2n) is 4.83. The molecule has 0 amide bonds. The molecule has 0 aliphatic carbocycles. The van der Waals surface area contributed by atoms with Gasteiger partial charge in [0.1, 0.15) is 24.0 Å². The predicted octanol–water partition coefficient (Wildman–Crippen LogP) is 2.93. The maximum absolute atomic E-state index is 10.2. The van der Waals surface area contributed by atoms with Crippen molar-refractivity contribution in [3.8, 4) is 5.75 Å². The number of hydrogen-bond acceptors (Lipinski definition) is 4. The molecule has 1 unspecified atom stereocenters. The number of nitrogens with two attached hydrogens (primary N) is 1. The molecule has 1 aromatic heterocycles. The van der Waals surface area contributed by atoms with Gasteiger partial charge in [-0.25, -0.2) is 0 Å². The van der Waals surface area contributed by atoms with Gasteiger partial charge in [-0.15, -0.1) is 0 Å². The molecule has 0 aliphatic heterocycles. The number of rotatable bonds is 4. The molecule has 106 valence electrons. The highest BCUT2D eigenvalue weighted by Crippen LogP contribution is 2.24. The van der Waals surface area contributed by atoms with Gasteiger partial charge >= 0.3 is 0 Å². The number of fused-ring (bicyclic) bond motifs is 1. The Morgan fingerprint density at radius 1 is 1.10 bits per heavy atom. The zero-order valence-electron chi connectivity index (χ0n) is 11.4. The first-order valence-corrected chi connectivity index (χ1v) is 6.74. The number of anilines is 1. The Balaban J connectivity index is 1.77. The monoisotopic (exact) mass is 280 g/mol. The van der Waals surface area contributed by atoms with Crippen molar-refractivity contribution in [2.75, 3.05) is 12.3 Å². The van der Waals surface area contributed by atoms with Gasteiger partial charge in [-0.05, 0) is 29.8 Å². The second kappa shape index (κ2) is 5.81. The smallest absolute Gasteiger partial charge is 0.145 e. The SMILES string of the molecule is Nc1cccc(C(O)COc2cccc3cccnc23)c1. The number of aromatic nitrogens is 1. The predicted molar refractivity (Wildman–Crippen MR) is 83.1 cm³/mol. The molecule has 0 bridgehead atoms. The number of aliphatic hydroxyl groups excluding tert-OH is 1. The first-order chi connectivity index (χ1) is 10.2. The molecular formula is C17H16N2O2. The first kappa shape index (κ1) is 13.4. The summed E-state index contributed by atoms with van der Waals surface area (Å²) < 4.78 is 5.72. The van der Waals surface area contributed by atoms with Crippen LogP contribution in [0.4, 0.5) is 5.69 Å². The van der Waals surface area contributed by atoms with Crippen LogP contribution in [0.2, 0.25) is 0 Å². The molecule has 0 radical (unpaired) electrons. The number of nitrogens with zero attached hydrogens (tertiary/aromatic N) is 1. The summed E-state index contributed by atoms with van der Waals surface area (Å²) in [5.41, 5.74) is 7.87. The Morgan fingerprint density at radius 3 is 2.76 bits per heavy atom. The lowest BCUT2D eigenvalue weighted by atomic mass is 10.1. The third-order valence-corrected chi connectivity index (χ3v) is 3.29. The molecule has 0 saturated heterocycles. The summed E-state index contributed by atoms with van der Waals surface area (Å²) in [5.74, 6) is 0.663. The topological polar surface area (TPSA) is 68.4 Å². The highest BCUT2D eigenvalue weighted by molar-refractivity contribution is 5.84. The second-order valence-corrected chi connectivity index (χ2v) is 4.83. The molecule has 21 heavy (non-hydrogen) atoms. The van der Waals surface area contributed by atoms with Crippen LogP contribution >= 0.6 is 0 Å². The number of aliphatic hydroxyl groups is 1. The molecule has 3 aromatic rings. The molecular weight excluding hydrogens is 264 g/mol. The van der Waals surface area contributed by atoms with Crippen LogP contribution in [0.1, 0.15) is 11.7 Å². The van der Waals surface area contributed by atoms with Gasteiger partial charge in [0.05, 0.1) is 0 Å². The van der Waals surface area contributed by atoms with E-state index >= 15 is 0 Å². The molecule has 0 aliphatic rings. The van der Waals surface area contributed by atoms with Gasteiger partial charge in [0.15, 0.2) is 0 Å². The Morgan fingerprint density at radius 2 is 1.90 bits per heavy atom. The lowest BCUT2D eigenvalue weighted by Gasteiger charge is -2.14. The van der Waals surface area contributed by atoms with E-state index in [0.717, 1.165) is 16.5 Å². The first-order valence-electron chi connectivity index (χ1n) is 6.74. The van der Waals surface area contributed by atoms with E-state index in [1.165, 1.54) is 0 Å². The Kier molecular flexibility index (Phi) is 3.71. The van der Waals surface area contributed by atoms with Crippen molar-refractivity contribution in [1.29, 1.82) is 0 Å². The van der Waals surface area contributed by atoms with E-state index in [1.54, 1.807) is 18.3 Å². The van der Waals surface area contributed by atoms with Crippen molar-refractivity contribution in [3.05, 3.63) is 66.4 Å². The molecule has 2 aromatic carbocycles. The Bertz CT molecular complexity index is 753. The average molecular weight is 280 g/mol. The maximum Gasteiger partial charge on any atom is 0.145 e. The zero-order valence-corrected chi connectivity index (χ0v) is 11.4. The number of para-hydroxylation sites is 1. The van der Waals surface area contributed by atoms with Crippen molar-refractivity contribution >= 4 is 16.6 Å². The average Bonchev–Trinajstić information content (AvgIpc) is 2.52. The van der Waals surface area contributed by atoms with Gasteiger partial charge in [0.25, 0.3) is 0 Å². The summed E-state index contributed by atoms with van der Waals surface area (Å²) in [6.45, 7) is 0.152. The normalized spacial score (nSPS) is 12.2. The third kappa shape index (κ3) is 2.95. The number of hydrogen-bond donors (Lipinski definition) is 2. The molecule has 4 nitrogen and oxygen atoms in total. The molecule has 1 atom stereocenters. The molecule has 3 N–H and O–H groups in total. The van der Waals surface area contributed by atoms with E-state index in [2.05, 4.69) is 4.98 Å². The fourth-order valence-electron chi connectivity index (χ4n) is 2.22. The molecule has 4 heteroatoms. The van der Waals surface area contributed by atoms with Gasteiger partial charge < -0.3 is 15.6 Å². The quantitative estimate of drug-likeness (QED) is 0.721. The number of pyridine rings is 1. The largest absolute Gasteiger partial charge is 0.488 e. The van der Waals surface area contributed by atoms with Crippen LogP contribution in [-0.2, 0) is 0 Å². The highest BCUT2D eigenvalue weighted by atomic mass is 16.5. The number of ether oxygens (including phenoxy) is 1. The van der Waals surface area contributed by atoms with Crippen LogP contribution in [0.3, 0.4) is 0 Å². The van der Waals surface area contributed by atoms with E-state index in [-0.39, 0.29) is 6.61 Å². The van der Waals surface area contributed by atoms with E-state index in [4.69, 9.17) is 10.5 Å². The zero-order chi connectivity index (χ0) is 14.7. The van der Waals surface area contributed by atoms with E-state index < -0.39 is 6.10 Å². The lowest BCUT2D eigenvalue weighted by Crippen LogP contribution is -2.10. The molecule has 3 rings (SSSR count). The van der Waals surface area contributed by atoms with Gasteiger partial charge in [-0.2, -0.15) is 0 Å². The van der Waals surface area contributed by atoms with Crippen LogP contribution < -0.4 is 10.5 Å². The molecule has 0 fully saturated rings. The van der Waals surface area contributed by atoms with Crippen molar-refractivity contribution in [3.63, 3.8) is 0 Å². The van der Waals surface area contributed by atoms with Crippen molar-refractivity contribution in [2.45, 2.75) is 6.10 Å². The molecule has 0 spiro atoms. The van der Waals surface area contributed by atoms with Crippen molar-refractivity contribution in [1.82, 2.24) is 4.98 Å². The van der Waals surface area contributed by atoms with Crippen LogP contribution in [-0.4, -0.2) is 16.7 Å². The van der Waals surface area contributed by atoms with E-state index in [9.17, 15) is 5.11 Å². The summed E-state index contributed by atoms with van der Waals surface area (Å²) in [4.78, 5) is 4.32. The fourth-order valence-corrected chi connectivity index (χ4v) is 2.22. The van der Waals surface area contributed by atoms with E-state index in [0.29, 0.717) is 11.4 Å². The summed E-state index contributed by atoms with van der Waals surface area (Å²) in [6, 6.07) is 16.8. The highest BCUT2D eigenvalue weighted by Gasteiger charge is 2.10. The molecule has 0 saturated carbocycles. The minimum absolute atomic E-state index is 0.152. The molecule has 1 heterocycles. The van der Waals surface area contributed by atoms with Crippen LogP contribution in [0, 0.1) is 0 Å². The van der Waals surface area contributed by atoms with Crippen LogP contribution in [0.25, 0.3) is 10.9 Å². The Hall–Kier alpha value is -2.59. The van der Waals surface area contributed by atoms with E-state index in [1.807, 2.05) is 42.5 Å². The van der Waals surface area contributed by atoms with Crippen molar-refractivity contribution in [2.24, 2.45) is 0 Å².